The van der Waals surface area contributed by atoms with Crippen LogP contribution in [0.15, 0.2) is 12.3 Å². The Bertz CT molecular complexity index is 224. The highest BCUT2D eigenvalue weighted by Crippen LogP contribution is 2.13. The van der Waals surface area contributed by atoms with Crippen molar-refractivity contribution in [2.24, 2.45) is 0 Å². The van der Waals surface area contributed by atoms with Crippen molar-refractivity contribution in [2.75, 3.05) is 5.73 Å². The first-order valence-corrected chi connectivity index (χ1v) is 4.42. The monoisotopic (exact) mass is 346 g/mol. The molecule has 0 radical (unpaired) electrons. The van der Waals surface area contributed by atoms with Gasteiger partial charge in [-0.25, -0.2) is 4.98 Å². The zero-order chi connectivity index (χ0) is 6.85. The lowest BCUT2D eigenvalue weighted by atomic mass is 10.5. The van der Waals surface area contributed by atoms with E-state index in [2.05, 4.69) is 50.2 Å². The number of pyridine rings is 1. The number of nitrogen functional groups attached to an aromatic ring is 1. The molecule has 48 valence electrons. The summed E-state index contributed by atoms with van der Waals surface area (Å²) in [6.07, 6.45) is 1.75. The third-order valence-corrected chi connectivity index (χ3v) is 2.29. The Morgan fingerprint density at radius 3 is 2.56 bits per heavy atom. The second kappa shape index (κ2) is 3.00. The van der Waals surface area contributed by atoms with Crippen LogP contribution in [0.2, 0.25) is 0 Å². The van der Waals surface area contributed by atoms with Crippen LogP contribution in [0.3, 0.4) is 0 Å². The summed E-state index contributed by atoms with van der Waals surface area (Å²) in [5, 5.41) is 0. The first-order chi connectivity index (χ1) is 4.20. The molecule has 0 amide bonds. The molecular weight excluding hydrogens is 342 g/mol. The van der Waals surface area contributed by atoms with Gasteiger partial charge in [-0.15, -0.1) is 0 Å². The van der Waals surface area contributed by atoms with E-state index in [-0.39, 0.29) is 0 Å². The lowest BCUT2D eigenvalue weighted by Crippen LogP contribution is -1.92. The van der Waals surface area contributed by atoms with Crippen molar-refractivity contribution in [3.05, 3.63) is 19.4 Å². The largest absolute Gasteiger partial charge is 0.383 e. The van der Waals surface area contributed by atoms with Crippen molar-refractivity contribution < 1.29 is 0 Å². The Kier molecular flexibility index (Phi) is 2.50. The molecule has 0 spiro atoms. The topological polar surface area (TPSA) is 38.9 Å². The molecule has 0 aliphatic heterocycles. The van der Waals surface area contributed by atoms with Crippen LogP contribution in [0.4, 0.5) is 5.82 Å². The minimum absolute atomic E-state index is 0.607. The Morgan fingerprint density at radius 1 is 1.44 bits per heavy atom. The van der Waals surface area contributed by atoms with Gasteiger partial charge in [-0.05, 0) is 51.2 Å². The van der Waals surface area contributed by atoms with Gasteiger partial charge in [0.15, 0.2) is 0 Å². The van der Waals surface area contributed by atoms with E-state index in [1.807, 2.05) is 6.07 Å². The standard InChI is InChI=1S/C5H4I2N2/c6-3-1-4(7)5(8)9-2-3/h1-2H,(H2,8,9). The molecule has 1 aromatic rings. The summed E-state index contributed by atoms with van der Waals surface area (Å²) in [7, 11) is 0. The van der Waals surface area contributed by atoms with E-state index in [0.29, 0.717) is 5.82 Å². The smallest absolute Gasteiger partial charge is 0.136 e. The number of hydrogen-bond donors (Lipinski definition) is 1. The van der Waals surface area contributed by atoms with Crippen molar-refractivity contribution in [1.29, 1.82) is 0 Å². The van der Waals surface area contributed by atoms with E-state index in [1.54, 1.807) is 6.20 Å². The van der Waals surface area contributed by atoms with Gasteiger partial charge in [-0.3, -0.25) is 0 Å². The summed E-state index contributed by atoms with van der Waals surface area (Å²) in [5.74, 6) is 0.607. The number of anilines is 1. The lowest BCUT2D eigenvalue weighted by Gasteiger charge is -1.94. The Labute approximate surface area is 80.5 Å². The van der Waals surface area contributed by atoms with Gasteiger partial charge >= 0.3 is 0 Å². The van der Waals surface area contributed by atoms with Crippen molar-refractivity contribution in [2.45, 2.75) is 0 Å². The number of rotatable bonds is 0. The average Bonchev–Trinajstić information content (AvgIpc) is 1.80. The molecule has 2 N–H and O–H groups in total. The third-order valence-electron chi connectivity index (χ3n) is 0.836. The van der Waals surface area contributed by atoms with Crippen LogP contribution in [-0.2, 0) is 0 Å². The van der Waals surface area contributed by atoms with Crippen LogP contribution in [-0.4, -0.2) is 4.98 Å². The summed E-state index contributed by atoms with van der Waals surface area (Å²) in [6.45, 7) is 0. The minimum Gasteiger partial charge on any atom is -0.383 e. The normalized spacial score (nSPS) is 9.56. The summed E-state index contributed by atoms with van der Waals surface area (Å²) >= 11 is 4.36. The molecule has 0 saturated heterocycles. The van der Waals surface area contributed by atoms with Crippen molar-refractivity contribution in [1.82, 2.24) is 4.98 Å². The Morgan fingerprint density at radius 2 is 2.11 bits per heavy atom. The molecule has 0 unspecified atom stereocenters. The highest BCUT2D eigenvalue weighted by molar-refractivity contribution is 14.1. The predicted octanol–water partition coefficient (Wildman–Crippen LogP) is 1.87. The van der Waals surface area contributed by atoms with Crippen LogP contribution in [0.1, 0.15) is 0 Å². The zero-order valence-corrected chi connectivity index (χ0v) is 8.75. The second-order valence-corrected chi connectivity index (χ2v) is 3.93. The maximum Gasteiger partial charge on any atom is 0.136 e. The molecular formula is C5H4I2N2. The van der Waals surface area contributed by atoms with Gasteiger partial charge in [-0.1, -0.05) is 0 Å². The average molecular weight is 346 g/mol. The van der Waals surface area contributed by atoms with Crippen molar-refractivity contribution in [3.63, 3.8) is 0 Å². The molecule has 0 fully saturated rings. The Balaban J connectivity index is 3.17. The quantitative estimate of drug-likeness (QED) is 0.729. The van der Waals surface area contributed by atoms with Crippen molar-refractivity contribution >= 4 is 51.0 Å². The molecule has 0 aromatic carbocycles. The number of nitrogens with two attached hydrogens (primary N) is 1. The van der Waals surface area contributed by atoms with Gasteiger partial charge in [0.1, 0.15) is 5.82 Å². The van der Waals surface area contributed by atoms with E-state index in [1.165, 1.54) is 0 Å². The van der Waals surface area contributed by atoms with Gasteiger partial charge in [0.2, 0.25) is 0 Å². The molecule has 0 saturated carbocycles. The highest BCUT2D eigenvalue weighted by atomic mass is 127. The number of nitrogens with zero attached hydrogens (tertiary/aromatic N) is 1. The first-order valence-electron chi connectivity index (χ1n) is 2.26. The molecule has 0 aliphatic rings. The molecule has 4 heteroatoms. The molecule has 1 aromatic heterocycles. The van der Waals surface area contributed by atoms with Gasteiger partial charge in [0.25, 0.3) is 0 Å². The first kappa shape index (κ1) is 7.52. The second-order valence-electron chi connectivity index (χ2n) is 1.52. The molecule has 0 bridgehead atoms. The molecule has 2 nitrogen and oxygen atoms in total. The van der Waals surface area contributed by atoms with Gasteiger partial charge in [0, 0.05) is 9.77 Å². The predicted molar refractivity (Wildman–Crippen MR) is 54.1 cm³/mol. The van der Waals surface area contributed by atoms with E-state index >= 15 is 0 Å². The van der Waals surface area contributed by atoms with Crippen LogP contribution < -0.4 is 5.73 Å². The zero-order valence-electron chi connectivity index (χ0n) is 4.44. The minimum atomic E-state index is 0.607. The molecule has 0 atom stereocenters. The molecule has 1 rings (SSSR count). The number of aromatic nitrogens is 1. The van der Waals surface area contributed by atoms with Crippen LogP contribution in [0, 0.1) is 7.14 Å². The maximum atomic E-state index is 5.47. The Hall–Kier alpha value is 0.410. The summed E-state index contributed by atoms with van der Waals surface area (Å²) in [4.78, 5) is 3.94. The van der Waals surface area contributed by atoms with Gasteiger partial charge < -0.3 is 5.73 Å². The summed E-state index contributed by atoms with van der Waals surface area (Å²) in [5.41, 5.74) is 5.47. The lowest BCUT2D eigenvalue weighted by molar-refractivity contribution is 1.30. The summed E-state index contributed by atoms with van der Waals surface area (Å²) in [6, 6.07) is 1.99. The van der Waals surface area contributed by atoms with Gasteiger partial charge in [-0.2, -0.15) is 0 Å². The van der Waals surface area contributed by atoms with Crippen LogP contribution >= 0.6 is 45.2 Å². The fraction of sp³-hybridized carbons (Fsp3) is 0. The SMILES string of the molecule is Nc1ncc(I)cc1I. The molecule has 0 aliphatic carbocycles. The fourth-order valence-corrected chi connectivity index (χ4v) is 1.95. The van der Waals surface area contributed by atoms with E-state index in [4.69, 9.17) is 5.73 Å². The highest BCUT2D eigenvalue weighted by Gasteiger charge is 1.94. The number of halogens is 2. The van der Waals surface area contributed by atoms with Crippen molar-refractivity contribution in [3.8, 4) is 0 Å². The fourth-order valence-electron chi connectivity index (χ4n) is 0.425. The number of hydrogen-bond acceptors (Lipinski definition) is 2. The van der Waals surface area contributed by atoms with Crippen LogP contribution in [0.5, 0.6) is 0 Å². The van der Waals surface area contributed by atoms with Crippen LogP contribution in [0.25, 0.3) is 0 Å². The van der Waals surface area contributed by atoms with Gasteiger partial charge in [0.05, 0.1) is 3.57 Å². The summed E-state index contributed by atoms with van der Waals surface area (Å²) < 4.78 is 2.13. The van der Waals surface area contributed by atoms with E-state index in [9.17, 15) is 0 Å². The van der Waals surface area contributed by atoms with E-state index < -0.39 is 0 Å². The molecule has 1 heterocycles. The molecule has 9 heavy (non-hydrogen) atoms. The maximum absolute atomic E-state index is 5.47. The third kappa shape index (κ3) is 1.92. The van der Waals surface area contributed by atoms with E-state index in [0.717, 1.165) is 7.14 Å².